The van der Waals surface area contributed by atoms with Crippen molar-refractivity contribution in [3.05, 3.63) is 95.1 Å². The quantitative estimate of drug-likeness (QED) is 0.407. The lowest BCUT2D eigenvalue weighted by atomic mass is 10.0. The molecule has 0 aliphatic carbocycles. The Balaban J connectivity index is 1.53. The van der Waals surface area contributed by atoms with Crippen LogP contribution in [-0.2, 0) is 5.75 Å². The fourth-order valence-corrected chi connectivity index (χ4v) is 4.35. The molecule has 0 spiro atoms. The molecule has 31 heavy (non-hydrogen) atoms. The number of aromatic nitrogens is 3. The molecule has 2 heterocycles. The molecule has 1 aliphatic rings. The van der Waals surface area contributed by atoms with Crippen molar-refractivity contribution in [2.45, 2.75) is 31.0 Å². The maximum Gasteiger partial charge on any atom is 0.247 e. The first-order valence-corrected chi connectivity index (χ1v) is 11.2. The minimum Gasteiger partial charge on any atom is -0.448 e. The molecule has 1 aromatic heterocycles. The number of anilines is 1. The SMILES string of the molecule is Cc1ccc(C)c([C@H]2Nc3ccccc3-c3nnc(SCc4ccccc4)nc3O2)c1. The molecule has 154 valence electrons. The number of hydrogen-bond acceptors (Lipinski definition) is 6. The third kappa shape index (κ3) is 4.11. The maximum atomic E-state index is 6.42. The van der Waals surface area contributed by atoms with Crippen LogP contribution >= 0.6 is 11.8 Å². The van der Waals surface area contributed by atoms with Gasteiger partial charge in [-0.15, -0.1) is 10.2 Å². The molecule has 1 atom stereocenters. The highest BCUT2D eigenvalue weighted by molar-refractivity contribution is 7.98. The summed E-state index contributed by atoms with van der Waals surface area (Å²) in [6.07, 6.45) is -0.369. The second-order valence-electron chi connectivity index (χ2n) is 7.57. The first-order chi connectivity index (χ1) is 15.2. The molecule has 6 heteroatoms. The summed E-state index contributed by atoms with van der Waals surface area (Å²) in [5, 5.41) is 13.0. The van der Waals surface area contributed by atoms with Gasteiger partial charge in [0.1, 0.15) is 0 Å². The lowest BCUT2D eigenvalue weighted by molar-refractivity contribution is 0.224. The van der Waals surface area contributed by atoms with Crippen molar-refractivity contribution in [3.63, 3.8) is 0 Å². The van der Waals surface area contributed by atoms with E-state index >= 15 is 0 Å². The van der Waals surface area contributed by atoms with Crippen molar-refractivity contribution < 1.29 is 4.74 Å². The van der Waals surface area contributed by atoms with Gasteiger partial charge in [0, 0.05) is 22.6 Å². The van der Waals surface area contributed by atoms with E-state index in [0.717, 1.165) is 28.1 Å². The van der Waals surface area contributed by atoms with Crippen LogP contribution in [-0.4, -0.2) is 15.2 Å². The van der Waals surface area contributed by atoms with E-state index in [2.05, 4.69) is 59.7 Å². The zero-order chi connectivity index (χ0) is 21.2. The molecule has 1 aliphatic heterocycles. The van der Waals surface area contributed by atoms with E-state index in [1.165, 1.54) is 11.1 Å². The standard InChI is InChI=1S/C25H22N4OS/c1-16-12-13-17(2)20(14-16)23-26-21-11-7-6-10-19(21)22-24(30-23)27-25(29-28-22)31-15-18-8-4-3-5-9-18/h3-14,23,26H,15H2,1-2H3/t23-/m0/s1. The monoisotopic (exact) mass is 426 g/mol. The van der Waals surface area contributed by atoms with Crippen LogP contribution in [0.15, 0.2) is 78.0 Å². The van der Waals surface area contributed by atoms with Crippen molar-refractivity contribution in [2.75, 3.05) is 5.32 Å². The lowest BCUT2D eigenvalue weighted by Crippen LogP contribution is -2.18. The van der Waals surface area contributed by atoms with E-state index in [-0.39, 0.29) is 6.23 Å². The van der Waals surface area contributed by atoms with Gasteiger partial charge in [-0.2, -0.15) is 4.98 Å². The summed E-state index contributed by atoms with van der Waals surface area (Å²) in [6, 6.07) is 24.7. The van der Waals surface area contributed by atoms with Crippen molar-refractivity contribution in [1.82, 2.24) is 15.2 Å². The number of benzene rings is 3. The zero-order valence-electron chi connectivity index (χ0n) is 17.4. The van der Waals surface area contributed by atoms with E-state index in [0.29, 0.717) is 16.7 Å². The third-order valence-electron chi connectivity index (χ3n) is 5.26. The van der Waals surface area contributed by atoms with E-state index < -0.39 is 0 Å². The van der Waals surface area contributed by atoms with Crippen LogP contribution in [0.25, 0.3) is 11.3 Å². The fraction of sp³-hybridized carbons (Fsp3) is 0.160. The van der Waals surface area contributed by atoms with E-state index in [1.807, 2.05) is 42.5 Å². The van der Waals surface area contributed by atoms with Gasteiger partial charge in [-0.1, -0.05) is 84.1 Å². The van der Waals surface area contributed by atoms with Crippen LogP contribution < -0.4 is 10.1 Å². The average molecular weight is 427 g/mol. The van der Waals surface area contributed by atoms with Gasteiger partial charge < -0.3 is 10.1 Å². The van der Waals surface area contributed by atoms with Gasteiger partial charge >= 0.3 is 0 Å². The third-order valence-corrected chi connectivity index (χ3v) is 6.17. The maximum absolute atomic E-state index is 6.42. The first-order valence-electron chi connectivity index (χ1n) is 10.2. The van der Waals surface area contributed by atoms with Crippen LogP contribution in [0.2, 0.25) is 0 Å². The van der Waals surface area contributed by atoms with Gasteiger partial charge in [-0.25, -0.2) is 0 Å². The Bertz CT molecular complexity index is 1230. The lowest BCUT2D eigenvalue weighted by Gasteiger charge is -2.21. The second-order valence-corrected chi connectivity index (χ2v) is 8.51. The van der Waals surface area contributed by atoms with Crippen molar-refractivity contribution in [2.24, 2.45) is 0 Å². The number of para-hydroxylation sites is 1. The molecular weight excluding hydrogens is 404 g/mol. The Morgan fingerprint density at radius 1 is 0.935 bits per heavy atom. The normalized spacial score (nSPS) is 14.6. The Morgan fingerprint density at radius 3 is 2.61 bits per heavy atom. The van der Waals surface area contributed by atoms with E-state index in [4.69, 9.17) is 9.72 Å². The molecule has 3 aromatic carbocycles. The largest absolute Gasteiger partial charge is 0.448 e. The predicted octanol–water partition coefficient (Wildman–Crippen LogP) is 5.95. The summed E-state index contributed by atoms with van der Waals surface area (Å²) in [6.45, 7) is 4.18. The topological polar surface area (TPSA) is 59.9 Å². The summed E-state index contributed by atoms with van der Waals surface area (Å²) in [5.41, 5.74) is 7.18. The average Bonchev–Trinajstić information content (AvgIpc) is 2.96. The summed E-state index contributed by atoms with van der Waals surface area (Å²) in [4.78, 5) is 4.74. The number of rotatable bonds is 4. The Hall–Kier alpha value is -3.38. The minimum absolute atomic E-state index is 0.369. The molecule has 5 rings (SSSR count). The zero-order valence-corrected chi connectivity index (χ0v) is 18.2. The molecule has 0 saturated carbocycles. The van der Waals surface area contributed by atoms with Gasteiger partial charge in [0.25, 0.3) is 0 Å². The van der Waals surface area contributed by atoms with Gasteiger partial charge in [0.2, 0.25) is 11.0 Å². The molecule has 0 bridgehead atoms. The molecule has 5 nitrogen and oxygen atoms in total. The Morgan fingerprint density at radius 2 is 1.74 bits per heavy atom. The number of thioether (sulfide) groups is 1. The van der Waals surface area contributed by atoms with Crippen LogP contribution in [0.4, 0.5) is 5.69 Å². The summed E-state index contributed by atoms with van der Waals surface area (Å²) < 4.78 is 6.42. The van der Waals surface area contributed by atoms with Gasteiger partial charge in [-0.05, 0) is 31.0 Å². The molecule has 4 aromatic rings. The Kier molecular flexibility index (Phi) is 5.30. The number of ether oxygens (including phenoxy) is 1. The highest BCUT2D eigenvalue weighted by Crippen LogP contribution is 2.40. The minimum atomic E-state index is -0.369. The highest BCUT2D eigenvalue weighted by Gasteiger charge is 2.26. The van der Waals surface area contributed by atoms with E-state index in [1.54, 1.807) is 11.8 Å². The first kappa shape index (κ1) is 19.6. The van der Waals surface area contributed by atoms with Crippen molar-refractivity contribution in [3.8, 4) is 17.1 Å². The van der Waals surface area contributed by atoms with Crippen LogP contribution in [0, 0.1) is 13.8 Å². The van der Waals surface area contributed by atoms with Crippen molar-refractivity contribution in [1.29, 1.82) is 0 Å². The van der Waals surface area contributed by atoms with Gasteiger partial charge in [0.15, 0.2) is 11.9 Å². The smallest absolute Gasteiger partial charge is 0.247 e. The summed E-state index contributed by atoms with van der Waals surface area (Å²) in [5.74, 6) is 1.27. The van der Waals surface area contributed by atoms with Crippen LogP contribution in [0.1, 0.15) is 28.5 Å². The van der Waals surface area contributed by atoms with Gasteiger partial charge in [0.05, 0.1) is 0 Å². The molecule has 0 fully saturated rings. The molecule has 1 N–H and O–H groups in total. The molecule has 0 amide bonds. The number of hydrogen-bond donors (Lipinski definition) is 1. The number of nitrogens with zero attached hydrogens (tertiary/aromatic N) is 3. The molecule has 0 radical (unpaired) electrons. The number of nitrogens with one attached hydrogen (secondary N) is 1. The van der Waals surface area contributed by atoms with Crippen LogP contribution in [0.3, 0.4) is 0 Å². The summed E-state index contributed by atoms with van der Waals surface area (Å²) in [7, 11) is 0. The van der Waals surface area contributed by atoms with Gasteiger partial charge in [-0.3, -0.25) is 0 Å². The number of fused-ring (bicyclic) bond motifs is 3. The molecule has 0 unspecified atom stereocenters. The number of aryl methyl sites for hydroxylation is 2. The highest BCUT2D eigenvalue weighted by atomic mass is 32.2. The van der Waals surface area contributed by atoms with Crippen molar-refractivity contribution >= 4 is 17.4 Å². The predicted molar refractivity (Wildman–Crippen MR) is 124 cm³/mol. The van der Waals surface area contributed by atoms with Crippen LogP contribution in [0.5, 0.6) is 5.88 Å². The molecule has 0 saturated heterocycles. The fourth-order valence-electron chi connectivity index (χ4n) is 3.61. The molecular formula is C25H22N4OS. The summed E-state index contributed by atoms with van der Waals surface area (Å²) >= 11 is 1.55. The Labute approximate surface area is 185 Å². The second kappa shape index (κ2) is 8.40. The van der Waals surface area contributed by atoms with E-state index in [9.17, 15) is 0 Å².